The van der Waals surface area contributed by atoms with Gasteiger partial charge in [-0.3, -0.25) is 4.79 Å². The normalized spacial score (nSPS) is 15.4. The second-order valence-corrected chi connectivity index (χ2v) is 6.68. The van der Waals surface area contributed by atoms with Crippen LogP contribution in [0.3, 0.4) is 0 Å². The number of carbonyl (C=O) groups is 1. The monoisotopic (exact) mass is 364 g/mol. The zero-order chi connectivity index (χ0) is 19.8. The molecule has 0 N–H and O–H groups in total. The Kier molecular flexibility index (Phi) is 7.42. The molecule has 0 unspecified atom stereocenters. The number of benzene rings is 1. The van der Waals surface area contributed by atoms with Crippen molar-refractivity contribution in [3.05, 3.63) is 88.6 Å². The molecule has 1 aromatic carbocycles. The molecule has 1 aliphatic rings. The molecule has 0 spiro atoms. The fourth-order valence-corrected chi connectivity index (χ4v) is 2.49. The van der Waals surface area contributed by atoms with Crippen molar-refractivity contribution >= 4 is 5.78 Å². The molecular weight excluding hydrogens is 336 g/mol. The minimum absolute atomic E-state index is 0.0459. The summed E-state index contributed by atoms with van der Waals surface area (Å²) in [6.45, 7) is 9.65. The summed E-state index contributed by atoms with van der Waals surface area (Å²) in [5.74, 6) is 3.27. The predicted molar refractivity (Wildman–Crippen MR) is 111 cm³/mol. The van der Waals surface area contributed by atoms with Crippen LogP contribution >= 0.6 is 0 Å². The van der Waals surface area contributed by atoms with Crippen LogP contribution in [0.1, 0.15) is 57.8 Å². The van der Waals surface area contributed by atoms with Gasteiger partial charge in [-0.25, -0.2) is 0 Å². The minimum atomic E-state index is 0.0459. The van der Waals surface area contributed by atoms with Crippen LogP contribution in [0.5, 0.6) is 5.75 Å². The highest BCUT2D eigenvalue weighted by Crippen LogP contribution is 2.21. The Morgan fingerprint density at radius 1 is 1.07 bits per heavy atom. The van der Waals surface area contributed by atoms with Crippen molar-refractivity contribution in [3.63, 3.8) is 0 Å². The molecule has 0 fully saturated rings. The predicted octanol–water partition coefficient (Wildman–Crippen LogP) is 6.66. The molecule has 0 aliphatic heterocycles. The average molecular weight is 364 g/mol. The van der Waals surface area contributed by atoms with E-state index in [0.717, 1.165) is 35.7 Å². The highest BCUT2D eigenvalue weighted by molar-refractivity contribution is 5.94. The maximum atomic E-state index is 11.4. The number of ketones is 1. The molecule has 3 nitrogen and oxygen atoms in total. The average Bonchev–Trinajstić information content (AvgIpc) is 2.85. The van der Waals surface area contributed by atoms with Gasteiger partial charge in [-0.15, -0.1) is 0 Å². The highest BCUT2D eigenvalue weighted by Gasteiger charge is 2.05. The lowest BCUT2D eigenvalue weighted by atomic mass is 10.1. The molecule has 0 saturated heterocycles. The Morgan fingerprint density at radius 3 is 2.41 bits per heavy atom. The van der Waals surface area contributed by atoms with Crippen LogP contribution in [-0.2, 0) is 4.74 Å². The molecule has 2 rings (SSSR count). The van der Waals surface area contributed by atoms with Gasteiger partial charge in [-0.2, -0.15) is 0 Å². The van der Waals surface area contributed by atoms with Crippen LogP contribution in [-0.4, -0.2) is 5.78 Å². The van der Waals surface area contributed by atoms with Crippen LogP contribution in [0.25, 0.3) is 0 Å². The van der Waals surface area contributed by atoms with Gasteiger partial charge in [-0.05, 0) is 82.2 Å². The van der Waals surface area contributed by atoms with Crippen molar-refractivity contribution in [2.45, 2.75) is 47.5 Å². The molecule has 1 aliphatic carbocycles. The van der Waals surface area contributed by atoms with Gasteiger partial charge in [0, 0.05) is 12.0 Å². The van der Waals surface area contributed by atoms with E-state index >= 15 is 0 Å². The summed E-state index contributed by atoms with van der Waals surface area (Å²) >= 11 is 0. The van der Waals surface area contributed by atoms with Crippen LogP contribution in [0.15, 0.2) is 83.1 Å². The van der Waals surface area contributed by atoms with E-state index in [0.29, 0.717) is 11.3 Å². The first-order chi connectivity index (χ1) is 12.9. The first-order valence-electron chi connectivity index (χ1n) is 9.27. The molecule has 27 heavy (non-hydrogen) atoms. The van der Waals surface area contributed by atoms with Crippen molar-refractivity contribution in [1.82, 2.24) is 0 Å². The lowest BCUT2D eigenvalue weighted by molar-refractivity contribution is 0.101. The fourth-order valence-electron chi connectivity index (χ4n) is 2.49. The second-order valence-electron chi connectivity index (χ2n) is 6.68. The van der Waals surface area contributed by atoms with Crippen molar-refractivity contribution < 1.29 is 14.3 Å². The number of Topliss-reactive ketones (excluding diaryl/α,β-unsaturated/α-hetero) is 1. The van der Waals surface area contributed by atoms with Crippen LogP contribution < -0.4 is 4.74 Å². The van der Waals surface area contributed by atoms with E-state index in [4.69, 9.17) is 9.47 Å². The van der Waals surface area contributed by atoms with Gasteiger partial charge in [0.15, 0.2) is 5.78 Å². The van der Waals surface area contributed by atoms with E-state index in [9.17, 15) is 4.79 Å². The highest BCUT2D eigenvalue weighted by atomic mass is 16.5. The quantitative estimate of drug-likeness (QED) is 0.308. The molecule has 0 heterocycles. The number of carbonyl (C=O) groups excluding carboxylic acids is 1. The molecule has 0 aromatic heterocycles. The third-order valence-corrected chi connectivity index (χ3v) is 4.32. The van der Waals surface area contributed by atoms with Gasteiger partial charge < -0.3 is 9.47 Å². The minimum Gasteiger partial charge on any atom is -0.462 e. The Balaban J connectivity index is 2.12. The molecular formula is C24H28O3. The second kappa shape index (κ2) is 9.77. The van der Waals surface area contributed by atoms with E-state index in [2.05, 4.69) is 26.0 Å². The summed E-state index contributed by atoms with van der Waals surface area (Å²) < 4.78 is 12.0. The Morgan fingerprint density at radius 2 is 1.78 bits per heavy atom. The summed E-state index contributed by atoms with van der Waals surface area (Å²) in [6, 6.07) is 7.17. The summed E-state index contributed by atoms with van der Waals surface area (Å²) in [4.78, 5) is 11.4. The van der Waals surface area contributed by atoms with Crippen molar-refractivity contribution in [2.24, 2.45) is 0 Å². The number of allylic oxidation sites excluding steroid dienone is 9. The third-order valence-electron chi connectivity index (χ3n) is 4.32. The van der Waals surface area contributed by atoms with E-state index in [1.54, 1.807) is 19.1 Å². The van der Waals surface area contributed by atoms with Gasteiger partial charge in [0.25, 0.3) is 0 Å². The molecule has 3 heteroatoms. The van der Waals surface area contributed by atoms with E-state index in [-0.39, 0.29) is 5.78 Å². The Bertz CT molecular complexity index is 831. The van der Waals surface area contributed by atoms with E-state index in [1.807, 2.05) is 44.2 Å². The number of ether oxygens (including phenoxy) is 2. The number of hydrogen-bond donors (Lipinski definition) is 0. The van der Waals surface area contributed by atoms with Crippen molar-refractivity contribution in [1.29, 1.82) is 0 Å². The molecule has 0 bridgehead atoms. The topological polar surface area (TPSA) is 35.5 Å². The summed E-state index contributed by atoms with van der Waals surface area (Å²) in [6.07, 6.45) is 11.9. The van der Waals surface area contributed by atoms with Gasteiger partial charge in [-0.1, -0.05) is 24.6 Å². The largest absolute Gasteiger partial charge is 0.462 e. The van der Waals surface area contributed by atoms with Crippen LogP contribution in [0, 0.1) is 0 Å². The molecule has 0 radical (unpaired) electrons. The van der Waals surface area contributed by atoms with Gasteiger partial charge in [0.2, 0.25) is 0 Å². The van der Waals surface area contributed by atoms with Gasteiger partial charge >= 0.3 is 0 Å². The summed E-state index contributed by atoms with van der Waals surface area (Å²) in [5, 5.41) is 0. The lowest BCUT2D eigenvalue weighted by Gasteiger charge is -2.12. The number of rotatable bonds is 7. The maximum absolute atomic E-state index is 11.4. The molecule has 0 amide bonds. The van der Waals surface area contributed by atoms with E-state index in [1.165, 1.54) is 5.57 Å². The molecule has 142 valence electrons. The summed E-state index contributed by atoms with van der Waals surface area (Å²) in [5.41, 5.74) is 2.98. The summed E-state index contributed by atoms with van der Waals surface area (Å²) in [7, 11) is 0. The van der Waals surface area contributed by atoms with E-state index < -0.39 is 0 Å². The zero-order valence-corrected chi connectivity index (χ0v) is 16.8. The van der Waals surface area contributed by atoms with Crippen molar-refractivity contribution in [3.8, 4) is 5.75 Å². The Labute approximate surface area is 162 Å². The first kappa shape index (κ1) is 20.5. The fraction of sp³-hybridized carbons (Fsp3) is 0.292. The standard InChI is InChI=1S/C24H28O3/c1-6-22(27-23-9-7-8-17(2)10-13-23)16-18(3)20(5)26-24-14-11-21(12-15-24)19(4)25/h7,9-16H,6,8H2,1-5H3/b20-18+,22-16+. The molecule has 1 aromatic rings. The maximum Gasteiger partial charge on any atom is 0.159 e. The van der Waals surface area contributed by atoms with Crippen LogP contribution in [0.4, 0.5) is 0 Å². The lowest BCUT2D eigenvalue weighted by Crippen LogP contribution is -1.97. The molecule has 0 saturated carbocycles. The SMILES string of the molecule is CC/C(=C\C(C)=C(/C)Oc1ccc(C(C)=O)cc1)OC1=CC=C(C)CC=C1. The zero-order valence-electron chi connectivity index (χ0n) is 16.8. The first-order valence-corrected chi connectivity index (χ1v) is 9.27. The van der Waals surface area contributed by atoms with Gasteiger partial charge in [0.05, 0.1) is 0 Å². The molecule has 0 atom stereocenters. The number of hydrogen-bond acceptors (Lipinski definition) is 3. The third kappa shape index (κ3) is 6.45. The smallest absolute Gasteiger partial charge is 0.159 e. The van der Waals surface area contributed by atoms with Crippen LogP contribution in [0.2, 0.25) is 0 Å². The van der Waals surface area contributed by atoms with Gasteiger partial charge in [0.1, 0.15) is 23.0 Å². The Hall–Kier alpha value is -2.81. The van der Waals surface area contributed by atoms with Crippen molar-refractivity contribution in [2.75, 3.05) is 0 Å².